The number of nitrogens with two attached hydrogens (primary N) is 1. The van der Waals surface area contributed by atoms with Gasteiger partial charge in [-0.3, -0.25) is 0 Å². The average Bonchev–Trinajstić information content (AvgIpc) is 2.19. The quantitative estimate of drug-likeness (QED) is 0.591. The summed E-state index contributed by atoms with van der Waals surface area (Å²) in [6.07, 6.45) is 0.966. The zero-order valence-corrected chi connectivity index (χ0v) is 9.06. The van der Waals surface area contributed by atoms with Crippen LogP contribution in [0.2, 0.25) is 5.02 Å². The van der Waals surface area contributed by atoms with Crippen LogP contribution in [0.3, 0.4) is 0 Å². The number of nitrogens with one attached hydrogen (secondary N) is 1. The summed E-state index contributed by atoms with van der Waals surface area (Å²) in [6.45, 7) is 6.72. The maximum Gasteiger partial charge on any atom is 0.0591 e. The maximum absolute atomic E-state index is 5.85. The molecule has 0 amide bonds. The number of nitrogen functional groups attached to an aromatic ring is 1. The molecule has 3 heteroatoms. The number of halogens is 1. The van der Waals surface area contributed by atoms with Crippen LogP contribution in [0.5, 0.6) is 0 Å². The molecule has 0 spiro atoms. The van der Waals surface area contributed by atoms with Crippen molar-refractivity contribution in [3.63, 3.8) is 0 Å². The highest BCUT2D eigenvalue weighted by atomic mass is 35.5. The molecule has 1 aromatic carbocycles. The van der Waals surface area contributed by atoms with Crippen molar-refractivity contribution in [2.24, 2.45) is 0 Å². The molecule has 0 aliphatic rings. The molecule has 0 bridgehead atoms. The molecule has 1 rings (SSSR count). The molecule has 0 aliphatic heterocycles. The Kier molecular flexibility index (Phi) is 3.84. The van der Waals surface area contributed by atoms with Crippen molar-refractivity contribution in [2.45, 2.75) is 13.3 Å². The predicted molar refractivity (Wildman–Crippen MR) is 63.8 cm³/mol. The van der Waals surface area contributed by atoms with Crippen LogP contribution >= 0.6 is 11.6 Å². The normalized spacial score (nSPS) is 9.86. The van der Waals surface area contributed by atoms with Gasteiger partial charge in [0.25, 0.3) is 0 Å². The van der Waals surface area contributed by atoms with Gasteiger partial charge in [0.1, 0.15) is 0 Å². The van der Waals surface area contributed by atoms with E-state index in [0.29, 0.717) is 10.7 Å². The second-order valence-corrected chi connectivity index (χ2v) is 3.63. The Bertz CT molecular complexity index is 334. The Hall–Kier alpha value is -1.15. The third-order valence-electron chi connectivity index (χ3n) is 2.04. The van der Waals surface area contributed by atoms with E-state index in [-0.39, 0.29) is 0 Å². The molecule has 14 heavy (non-hydrogen) atoms. The summed E-state index contributed by atoms with van der Waals surface area (Å²) in [7, 11) is 0. The second kappa shape index (κ2) is 4.91. The van der Waals surface area contributed by atoms with E-state index >= 15 is 0 Å². The van der Waals surface area contributed by atoms with Crippen LogP contribution in [0.25, 0.3) is 0 Å². The number of hydrogen-bond donors (Lipinski definition) is 2. The fourth-order valence-electron chi connectivity index (χ4n) is 1.03. The van der Waals surface area contributed by atoms with Crippen LogP contribution in [0.1, 0.15) is 13.3 Å². The number of hydrogen-bond acceptors (Lipinski definition) is 2. The molecule has 2 nitrogen and oxygen atoms in total. The van der Waals surface area contributed by atoms with Crippen molar-refractivity contribution < 1.29 is 0 Å². The van der Waals surface area contributed by atoms with E-state index in [4.69, 9.17) is 17.3 Å². The molecular formula is C11H15ClN2. The zero-order chi connectivity index (χ0) is 10.6. The minimum atomic E-state index is 0.684. The van der Waals surface area contributed by atoms with Crippen LogP contribution in [0, 0.1) is 0 Å². The highest BCUT2D eigenvalue weighted by molar-refractivity contribution is 6.31. The Morgan fingerprint density at radius 1 is 1.57 bits per heavy atom. The largest absolute Gasteiger partial charge is 0.397 e. The Morgan fingerprint density at radius 2 is 2.29 bits per heavy atom. The average molecular weight is 211 g/mol. The minimum absolute atomic E-state index is 0.684. The fraction of sp³-hybridized carbons (Fsp3) is 0.273. The molecule has 0 aromatic heterocycles. The van der Waals surface area contributed by atoms with Gasteiger partial charge in [-0.15, -0.1) is 0 Å². The summed E-state index contributed by atoms with van der Waals surface area (Å²) >= 11 is 5.85. The number of anilines is 2. The number of benzene rings is 1. The monoisotopic (exact) mass is 210 g/mol. The molecule has 0 heterocycles. The van der Waals surface area contributed by atoms with Crippen molar-refractivity contribution in [1.82, 2.24) is 0 Å². The van der Waals surface area contributed by atoms with Gasteiger partial charge in [0.15, 0.2) is 0 Å². The lowest BCUT2D eigenvalue weighted by Gasteiger charge is -2.10. The topological polar surface area (TPSA) is 38.0 Å². The first-order valence-electron chi connectivity index (χ1n) is 4.59. The molecule has 0 atom stereocenters. The Morgan fingerprint density at radius 3 is 2.93 bits per heavy atom. The van der Waals surface area contributed by atoms with Gasteiger partial charge < -0.3 is 11.1 Å². The van der Waals surface area contributed by atoms with E-state index in [9.17, 15) is 0 Å². The van der Waals surface area contributed by atoms with Gasteiger partial charge in [0.2, 0.25) is 0 Å². The van der Waals surface area contributed by atoms with Gasteiger partial charge in [-0.2, -0.15) is 0 Å². The van der Waals surface area contributed by atoms with Gasteiger partial charge in [-0.25, -0.2) is 0 Å². The Labute approximate surface area is 89.8 Å². The first-order chi connectivity index (χ1) is 6.63. The number of rotatable bonds is 4. The zero-order valence-electron chi connectivity index (χ0n) is 8.31. The molecular weight excluding hydrogens is 196 g/mol. The molecule has 0 unspecified atom stereocenters. The van der Waals surface area contributed by atoms with E-state index in [2.05, 4.69) is 18.8 Å². The summed E-state index contributed by atoms with van der Waals surface area (Å²) in [5.41, 5.74) is 8.48. The van der Waals surface area contributed by atoms with E-state index in [0.717, 1.165) is 24.2 Å². The highest BCUT2D eigenvalue weighted by Crippen LogP contribution is 2.22. The smallest absolute Gasteiger partial charge is 0.0591 e. The molecule has 76 valence electrons. The van der Waals surface area contributed by atoms with E-state index < -0.39 is 0 Å². The summed E-state index contributed by atoms with van der Waals surface area (Å²) < 4.78 is 0. The minimum Gasteiger partial charge on any atom is -0.397 e. The molecule has 0 fully saturated rings. The van der Waals surface area contributed by atoms with Crippen LogP contribution < -0.4 is 11.1 Å². The summed E-state index contributed by atoms with van der Waals surface area (Å²) in [5.74, 6) is 0. The van der Waals surface area contributed by atoms with Crippen molar-refractivity contribution in [1.29, 1.82) is 0 Å². The first kappa shape index (κ1) is 10.9. The molecule has 0 aliphatic carbocycles. The van der Waals surface area contributed by atoms with Crippen LogP contribution in [0.15, 0.2) is 30.4 Å². The molecule has 0 saturated carbocycles. The third kappa shape index (κ3) is 2.96. The van der Waals surface area contributed by atoms with Gasteiger partial charge in [-0.1, -0.05) is 30.7 Å². The van der Waals surface area contributed by atoms with Crippen molar-refractivity contribution in [3.05, 3.63) is 35.4 Å². The standard InChI is InChI=1S/C11H15ClN2/c1-3-8(2)7-14-11-6-9(12)4-5-10(11)13/h4-6,14H,2-3,7,13H2,1H3. The van der Waals surface area contributed by atoms with Gasteiger partial charge in [-0.05, 0) is 24.6 Å². The summed E-state index contributed by atoms with van der Waals surface area (Å²) in [5, 5.41) is 3.88. The maximum atomic E-state index is 5.85. The molecule has 0 radical (unpaired) electrons. The van der Waals surface area contributed by atoms with Crippen molar-refractivity contribution >= 4 is 23.0 Å². The lowest BCUT2D eigenvalue weighted by Crippen LogP contribution is -2.05. The van der Waals surface area contributed by atoms with Crippen LogP contribution in [-0.2, 0) is 0 Å². The van der Waals surface area contributed by atoms with Gasteiger partial charge in [0.05, 0.1) is 11.4 Å². The predicted octanol–water partition coefficient (Wildman–Crippen LogP) is 3.30. The van der Waals surface area contributed by atoms with E-state index in [1.54, 1.807) is 12.1 Å². The third-order valence-corrected chi connectivity index (χ3v) is 2.28. The lowest BCUT2D eigenvalue weighted by molar-refractivity contribution is 1.05. The SMILES string of the molecule is C=C(CC)CNc1cc(Cl)ccc1N. The van der Waals surface area contributed by atoms with Crippen molar-refractivity contribution in [2.75, 3.05) is 17.6 Å². The first-order valence-corrected chi connectivity index (χ1v) is 4.96. The molecule has 0 saturated heterocycles. The Balaban J connectivity index is 2.66. The van der Waals surface area contributed by atoms with Gasteiger partial charge in [0, 0.05) is 11.6 Å². The molecule has 3 N–H and O–H groups in total. The van der Waals surface area contributed by atoms with Gasteiger partial charge >= 0.3 is 0 Å². The molecule has 1 aromatic rings. The van der Waals surface area contributed by atoms with E-state index in [1.807, 2.05) is 6.07 Å². The summed E-state index contributed by atoms with van der Waals surface area (Å²) in [6, 6.07) is 5.38. The lowest BCUT2D eigenvalue weighted by atomic mass is 10.2. The summed E-state index contributed by atoms with van der Waals surface area (Å²) in [4.78, 5) is 0. The highest BCUT2D eigenvalue weighted by Gasteiger charge is 1.99. The van der Waals surface area contributed by atoms with Crippen LogP contribution in [-0.4, -0.2) is 6.54 Å². The fourth-order valence-corrected chi connectivity index (χ4v) is 1.20. The van der Waals surface area contributed by atoms with E-state index in [1.165, 1.54) is 0 Å². The second-order valence-electron chi connectivity index (χ2n) is 3.19. The van der Waals surface area contributed by atoms with Crippen molar-refractivity contribution in [3.8, 4) is 0 Å². The van der Waals surface area contributed by atoms with Crippen LogP contribution in [0.4, 0.5) is 11.4 Å².